The first-order chi connectivity index (χ1) is 10.2. The van der Waals surface area contributed by atoms with E-state index in [1.165, 1.54) is 12.1 Å². The molecule has 1 aliphatic heterocycles. The Labute approximate surface area is 129 Å². The van der Waals surface area contributed by atoms with Crippen molar-refractivity contribution in [3.05, 3.63) is 33.9 Å². The van der Waals surface area contributed by atoms with Crippen LogP contribution in [0.3, 0.4) is 0 Å². The van der Waals surface area contributed by atoms with Gasteiger partial charge in [-0.15, -0.1) is 5.92 Å². The van der Waals surface area contributed by atoms with Crippen molar-refractivity contribution in [2.24, 2.45) is 0 Å². The number of carbonyl (C=O) groups is 1. The number of ether oxygens (including phenoxy) is 1. The number of rotatable bonds is 2. The van der Waals surface area contributed by atoms with Crippen LogP contribution in [0.2, 0.25) is 5.02 Å². The molecule has 1 aliphatic rings. The van der Waals surface area contributed by atoms with Crippen molar-refractivity contribution >= 4 is 23.6 Å². The Kier molecular flexibility index (Phi) is 4.38. The van der Waals surface area contributed by atoms with Crippen LogP contribution in [-0.2, 0) is 11.2 Å². The molecular formula is C15H10ClF3O3. The van der Waals surface area contributed by atoms with E-state index in [2.05, 4.69) is 11.8 Å². The first kappa shape index (κ1) is 16.2. The average Bonchev–Trinajstić information content (AvgIpc) is 2.42. The highest BCUT2D eigenvalue weighted by Crippen LogP contribution is 2.40. The summed E-state index contributed by atoms with van der Waals surface area (Å²) in [6.45, 7) is 1.60. The number of benzene rings is 1. The Morgan fingerprint density at radius 3 is 2.68 bits per heavy atom. The van der Waals surface area contributed by atoms with Crippen molar-refractivity contribution in [2.45, 2.75) is 25.6 Å². The van der Waals surface area contributed by atoms with Gasteiger partial charge in [0, 0.05) is 22.6 Å². The van der Waals surface area contributed by atoms with Gasteiger partial charge in [-0.3, -0.25) is 0 Å². The third-order valence-corrected chi connectivity index (χ3v) is 3.21. The van der Waals surface area contributed by atoms with Crippen LogP contribution in [0.15, 0.2) is 17.7 Å². The lowest BCUT2D eigenvalue weighted by Crippen LogP contribution is -2.40. The maximum atomic E-state index is 13.0. The molecule has 0 saturated heterocycles. The van der Waals surface area contributed by atoms with E-state index in [-0.39, 0.29) is 22.8 Å². The van der Waals surface area contributed by atoms with E-state index < -0.39 is 23.8 Å². The van der Waals surface area contributed by atoms with E-state index in [9.17, 15) is 18.0 Å². The highest BCUT2D eigenvalue weighted by atomic mass is 35.5. The summed E-state index contributed by atoms with van der Waals surface area (Å²) in [5, 5.41) is 9.24. The molecule has 0 saturated carbocycles. The number of alkyl halides is 3. The number of hydrogen-bond donors (Lipinski definition) is 1. The largest absolute Gasteiger partial charge is 0.478 e. The second-order valence-electron chi connectivity index (χ2n) is 4.53. The van der Waals surface area contributed by atoms with Gasteiger partial charge in [-0.05, 0) is 25.1 Å². The zero-order chi connectivity index (χ0) is 16.5. The third-order valence-electron chi connectivity index (χ3n) is 2.99. The van der Waals surface area contributed by atoms with E-state index >= 15 is 0 Å². The lowest BCUT2D eigenvalue weighted by molar-refractivity contribution is -0.187. The monoisotopic (exact) mass is 330 g/mol. The summed E-state index contributed by atoms with van der Waals surface area (Å²) >= 11 is 5.91. The number of fused-ring (bicyclic) bond motifs is 1. The quantitative estimate of drug-likeness (QED) is 0.841. The summed E-state index contributed by atoms with van der Waals surface area (Å²) in [7, 11) is 0. The van der Waals surface area contributed by atoms with Crippen LogP contribution in [0.1, 0.15) is 18.1 Å². The van der Waals surface area contributed by atoms with Crippen molar-refractivity contribution < 1.29 is 27.8 Å². The van der Waals surface area contributed by atoms with Gasteiger partial charge in [0.25, 0.3) is 0 Å². The lowest BCUT2D eigenvalue weighted by atomic mass is 9.98. The van der Waals surface area contributed by atoms with Crippen LogP contribution in [0.4, 0.5) is 13.2 Å². The van der Waals surface area contributed by atoms with Gasteiger partial charge < -0.3 is 9.84 Å². The van der Waals surface area contributed by atoms with Crippen LogP contribution in [0.25, 0.3) is 6.08 Å². The molecule has 22 heavy (non-hydrogen) atoms. The van der Waals surface area contributed by atoms with Crippen LogP contribution < -0.4 is 4.74 Å². The Balaban J connectivity index is 2.61. The molecule has 1 N–H and O–H groups in total. The predicted octanol–water partition coefficient (Wildman–Crippen LogP) is 3.70. The number of hydrogen-bond acceptors (Lipinski definition) is 2. The molecule has 7 heteroatoms. The molecule has 1 aromatic carbocycles. The smallest absolute Gasteiger partial charge is 0.430 e. The van der Waals surface area contributed by atoms with E-state index in [1.54, 1.807) is 6.92 Å². The Hall–Kier alpha value is -2.13. The highest BCUT2D eigenvalue weighted by Gasteiger charge is 2.48. The minimum atomic E-state index is -4.84. The fourth-order valence-electron chi connectivity index (χ4n) is 2.08. The van der Waals surface area contributed by atoms with E-state index in [1.807, 2.05) is 0 Å². The van der Waals surface area contributed by atoms with Crippen molar-refractivity contribution in [2.75, 3.05) is 0 Å². The highest BCUT2D eigenvalue weighted by molar-refractivity contribution is 6.30. The Morgan fingerprint density at radius 2 is 2.14 bits per heavy atom. The van der Waals surface area contributed by atoms with Gasteiger partial charge >= 0.3 is 12.1 Å². The Morgan fingerprint density at radius 1 is 1.45 bits per heavy atom. The molecule has 0 aliphatic carbocycles. The molecule has 0 bridgehead atoms. The van der Waals surface area contributed by atoms with Crippen LogP contribution >= 0.6 is 11.6 Å². The first-order valence-corrected chi connectivity index (χ1v) is 6.52. The average molecular weight is 331 g/mol. The first-order valence-electron chi connectivity index (χ1n) is 6.14. The summed E-state index contributed by atoms with van der Waals surface area (Å²) in [6.07, 6.45) is -6.27. The fourth-order valence-corrected chi connectivity index (χ4v) is 2.33. The molecule has 0 radical (unpaired) electrons. The summed E-state index contributed by atoms with van der Waals surface area (Å²) < 4.78 is 44.0. The molecule has 2 rings (SSSR count). The van der Waals surface area contributed by atoms with E-state index in [0.29, 0.717) is 5.56 Å². The van der Waals surface area contributed by atoms with Gasteiger partial charge in [-0.25, -0.2) is 4.79 Å². The van der Waals surface area contributed by atoms with Crippen molar-refractivity contribution in [1.29, 1.82) is 0 Å². The van der Waals surface area contributed by atoms with E-state index in [4.69, 9.17) is 21.4 Å². The van der Waals surface area contributed by atoms with Gasteiger partial charge in [-0.2, -0.15) is 13.2 Å². The molecule has 3 nitrogen and oxygen atoms in total. The molecular weight excluding hydrogens is 321 g/mol. The third kappa shape index (κ3) is 3.20. The zero-order valence-electron chi connectivity index (χ0n) is 11.3. The molecule has 0 amide bonds. The van der Waals surface area contributed by atoms with Crippen LogP contribution in [0.5, 0.6) is 5.75 Å². The Bertz CT molecular complexity index is 711. The maximum Gasteiger partial charge on any atom is 0.430 e. The van der Waals surface area contributed by atoms with Crippen molar-refractivity contribution in [3.8, 4) is 17.6 Å². The number of halogens is 4. The van der Waals surface area contributed by atoms with Crippen LogP contribution in [0, 0.1) is 11.8 Å². The van der Waals surface area contributed by atoms with Crippen LogP contribution in [-0.4, -0.2) is 23.4 Å². The summed E-state index contributed by atoms with van der Waals surface area (Å²) in [5.41, 5.74) is -0.306. The topological polar surface area (TPSA) is 46.5 Å². The molecule has 0 spiro atoms. The SMILES string of the molecule is CC#CCc1cc(Cl)cc2c1OC(C(F)(F)F)C(C(=O)O)=C2. The van der Waals surface area contributed by atoms with Gasteiger partial charge in [-0.1, -0.05) is 17.5 Å². The number of carboxylic acid groups (broad SMARTS) is 1. The number of carboxylic acids is 1. The second kappa shape index (κ2) is 5.93. The fraction of sp³-hybridized carbons (Fsp3) is 0.267. The van der Waals surface area contributed by atoms with Crippen molar-refractivity contribution in [1.82, 2.24) is 0 Å². The molecule has 1 heterocycles. The molecule has 1 atom stereocenters. The molecule has 0 fully saturated rings. The standard InChI is InChI=1S/C15H10ClF3O3/c1-2-3-4-8-5-10(16)6-9-7-11(14(20)21)13(15(17,18)19)22-12(8)9/h5-7,13H,4H2,1H3,(H,20,21). The van der Waals surface area contributed by atoms with Gasteiger partial charge in [0.2, 0.25) is 6.10 Å². The summed E-state index contributed by atoms with van der Waals surface area (Å²) in [5.74, 6) is 3.62. The molecule has 0 aromatic heterocycles. The number of aliphatic carboxylic acids is 1. The normalized spacial score (nSPS) is 16.8. The van der Waals surface area contributed by atoms with Gasteiger partial charge in [0.15, 0.2) is 0 Å². The lowest BCUT2D eigenvalue weighted by Gasteiger charge is -2.28. The second-order valence-corrected chi connectivity index (χ2v) is 4.97. The van der Waals surface area contributed by atoms with Crippen molar-refractivity contribution in [3.63, 3.8) is 0 Å². The minimum absolute atomic E-state index is 0.0422. The summed E-state index contributed by atoms with van der Waals surface area (Å²) in [4.78, 5) is 11.1. The predicted molar refractivity (Wildman–Crippen MR) is 74.7 cm³/mol. The van der Waals surface area contributed by atoms with Gasteiger partial charge in [0.1, 0.15) is 5.75 Å². The summed E-state index contributed by atoms with van der Waals surface area (Å²) in [6, 6.07) is 2.81. The molecule has 1 unspecified atom stereocenters. The maximum absolute atomic E-state index is 13.0. The minimum Gasteiger partial charge on any atom is -0.478 e. The zero-order valence-corrected chi connectivity index (χ0v) is 12.0. The molecule has 1 aromatic rings. The van der Waals surface area contributed by atoms with E-state index in [0.717, 1.165) is 6.08 Å². The van der Waals surface area contributed by atoms with Gasteiger partial charge in [0.05, 0.1) is 5.57 Å². The molecule has 116 valence electrons.